The van der Waals surface area contributed by atoms with E-state index in [4.69, 9.17) is 14.9 Å². The first kappa shape index (κ1) is 28.7. The van der Waals surface area contributed by atoms with Crippen LogP contribution in [0.5, 0.6) is 0 Å². The molecule has 0 aromatic rings. The number of esters is 1. The van der Waals surface area contributed by atoms with Gasteiger partial charge >= 0.3 is 5.97 Å². The summed E-state index contributed by atoms with van der Waals surface area (Å²) in [6, 6.07) is 0. The molecular formula is C12H25Br3O5. The molecule has 2 N–H and O–H groups in total. The number of ether oxygens (including phenoxy) is 2. The maximum Gasteiger partial charge on any atom is 0.344 e. The fourth-order valence-corrected chi connectivity index (χ4v) is 0.760. The summed E-state index contributed by atoms with van der Waals surface area (Å²) in [7, 11) is 0. The molecule has 0 saturated carbocycles. The Balaban J connectivity index is -0.0000000990. The lowest BCUT2D eigenvalue weighted by Gasteiger charge is -2.08. The van der Waals surface area contributed by atoms with Crippen molar-refractivity contribution in [2.45, 2.75) is 22.9 Å². The Morgan fingerprint density at radius 1 is 1.00 bits per heavy atom. The van der Waals surface area contributed by atoms with Crippen LogP contribution in [0.4, 0.5) is 0 Å². The number of alkyl halides is 3. The van der Waals surface area contributed by atoms with E-state index in [2.05, 4.69) is 65.7 Å². The minimum absolute atomic E-state index is 0.125. The van der Waals surface area contributed by atoms with Gasteiger partial charge in [-0.25, -0.2) is 4.79 Å². The van der Waals surface area contributed by atoms with Gasteiger partial charge in [0.15, 0.2) is 0 Å². The number of aliphatic hydroxyl groups is 2. The molecule has 0 saturated heterocycles. The predicted molar refractivity (Wildman–Crippen MR) is 93.7 cm³/mol. The summed E-state index contributed by atoms with van der Waals surface area (Å²) >= 11 is 9.01. The Labute approximate surface area is 147 Å². The van der Waals surface area contributed by atoms with Gasteiger partial charge in [0, 0.05) is 13.2 Å². The van der Waals surface area contributed by atoms with E-state index in [1.807, 2.05) is 13.8 Å². The van der Waals surface area contributed by atoms with E-state index in [9.17, 15) is 4.79 Å². The molecule has 124 valence electrons. The van der Waals surface area contributed by atoms with Gasteiger partial charge in [0.2, 0.25) is 2.14 Å². The van der Waals surface area contributed by atoms with Crippen molar-refractivity contribution in [2.24, 2.45) is 0 Å². The zero-order valence-electron chi connectivity index (χ0n) is 12.2. The first-order chi connectivity index (χ1) is 9.31. The lowest BCUT2D eigenvalue weighted by molar-refractivity contribution is -0.140. The largest absolute Gasteiger partial charge is 0.464 e. The first-order valence-electron chi connectivity index (χ1n) is 5.84. The van der Waals surface area contributed by atoms with Crippen LogP contribution < -0.4 is 0 Å². The summed E-state index contributed by atoms with van der Waals surface area (Å²) in [5.41, 5.74) is 0. The molecule has 0 rings (SSSR count). The average molecular weight is 489 g/mol. The zero-order valence-corrected chi connectivity index (χ0v) is 17.0. The molecule has 0 unspecified atom stereocenters. The van der Waals surface area contributed by atoms with Crippen molar-refractivity contribution in [3.05, 3.63) is 13.2 Å². The van der Waals surface area contributed by atoms with E-state index >= 15 is 0 Å². The van der Waals surface area contributed by atoms with Gasteiger partial charge in [0.05, 0.1) is 19.8 Å². The second kappa shape index (κ2) is 24.5. The molecule has 0 aliphatic carbocycles. The summed E-state index contributed by atoms with van der Waals surface area (Å²) in [6.45, 7) is 13.5. The summed E-state index contributed by atoms with van der Waals surface area (Å²) in [4.78, 5) is 10.7. The number of rotatable bonds is 4. The van der Waals surface area contributed by atoms with Crippen molar-refractivity contribution >= 4 is 53.8 Å². The molecule has 0 radical (unpaired) electrons. The van der Waals surface area contributed by atoms with Crippen molar-refractivity contribution in [1.82, 2.24) is 0 Å². The monoisotopic (exact) mass is 486 g/mol. The third kappa shape index (κ3) is 36.3. The van der Waals surface area contributed by atoms with Crippen LogP contribution in [0.25, 0.3) is 0 Å². The van der Waals surface area contributed by atoms with Crippen LogP contribution in [0.1, 0.15) is 20.8 Å². The molecule has 0 aromatic carbocycles. The fraction of sp³-hybridized carbons (Fsp3) is 0.750. The summed E-state index contributed by atoms with van der Waals surface area (Å²) in [6.07, 6.45) is 0. The van der Waals surface area contributed by atoms with Gasteiger partial charge in [0.25, 0.3) is 0 Å². The van der Waals surface area contributed by atoms with Crippen molar-refractivity contribution in [1.29, 1.82) is 0 Å². The minimum Gasteiger partial charge on any atom is -0.464 e. The molecular weight excluding hydrogens is 464 g/mol. The van der Waals surface area contributed by atoms with E-state index in [1.54, 1.807) is 6.92 Å². The van der Waals surface area contributed by atoms with Crippen LogP contribution in [0.3, 0.4) is 0 Å². The van der Waals surface area contributed by atoms with Gasteiger partial charge in [-0.3, -0.25) is 0 Å². The van der Waals surface area contributed by atoms with Gasteiger partial charge in [-0.2, -0.15) is 0 Å². The van der Waals surface area contributed by atoms with Gasteiger partial charge in [-0.1, -0.05) is 0 Å². The van der Waals surface area contributed by atoms with Crippen LogP contribution in [0.2, 0.25) is 0 Å². The summed E-state index contributed by atoms with van der Waals surface area (Å²) in [5.74, 6) is -0.384. The molecule has 20 heavy (non-hydrogen) atoms. The molecule has 8 heteroatoms. The van der Waals surface area contributed by atoms with E-state index in [0.717, 1.165) is 13.2 Å². The highest BCUT2D eigenvalue weighted by atomic mass is 80.0. The number of carbonyl (C=O) groups is 1. The SMILES string of the molecule is C=C.CCOC(=O)C(Br)(Br)Br.CCOCC.OCCO. The van der Waals surface area contributed by atoms with Crippen molar-refractivity contribution in [2.75, 3.05) is 33.0 Å². The van der Waals surface area contributed by atoms with Crippen LogP contribution >= 0.6 is 47.8 Å². The maximum absolute atomic E-state index is 10.7. The number of hydrogen-bond acceptors (Lipinski definition) is 5. The minimum atomic E-state index is -0.914. The van der Waals surface area contributed by atoms with Gasteiger partial charge in [-0.15, -0.1) is 13.2 Å². The van der Waals surface area contributed by atoms with Crippen molar-refractivity contribution in [3.63, 3.8) is 0 Å². The molecule has 0 heterocycles. The smallest absolute Gasteiger partial charge is 0.344 e. The Hall–Kier alpha value is 0.530. The standard InChI is InChI=1S/C4H5Br3O2.C4H10O.C2H6O2.C2H4/c1-2-9-3(8)4(5,6)7;1-3-5-4-2;3-1-2-4;1-2/h2H2,1H3;3-4H2,1-2H3;3-4H,1-2H2;1-2H2. The molecule has 0 bridgehead atoms. The van der Waals surface area contributed by atoms with E-state index in [-0.39, 0.29) is 19.2 Å². The molecule has 0 atom stereocenters. The highest BCUT2D eigenvalue weighted by Crippen LogP contribution is 2.34. The van der Waals surface area contributed by atoms with Crippen LogP contribution in [-0.4, -0.2) is 51.4 Å². The van der Waals surface area contributed by atoms with E-state index < -0.39 is 2.14 Å². The molecule has 0 fully saturated rings. The lowest BCUT2D eigenvalue weighted by Crippen LogP contribution is -2.19. The zero-order chi connectivity index (χ0) is 17.0. The van der Waals surface area contributed by atoms with Crippen molar-refractivity contribution in [3.8, 4) is 0 Å². The van der Waals surface area contributed by atoms with E-state index in [0.29, 0.717) is 6.61 Å². The quantitative estimate of drug-likeness (QED) is 0.361. The van der Waals surface area contributed by atoms with Gasteiger partial charge in [-0.05, 0) is 68.6 Å². The fourth-order valence-electron chi connectivity index (χ4n) is 0.417. The van der Waals surface area contributed by atoms with Crippen molar-refractivity contribution < 1.29 is 24.5 Å². The van der Waals surface area contributed by atoms with E-state index in [1.165, 1.54) is 0 Å². The molecule has 0 aliphatic rings. The Morgan fingerprint density at radius 2 is 1.35 bits per heavy atom. The second-order valence-corrected chi connectivity index (χ2v) is 9.21. The van der Waals surface area contributed by atoms with Crippen LogP contribution in [0, 0.1) is 0 Å². The molecule has 5 nitrogen and oxygen atoms in total. The Morgan fingerprint density at radius 3 is 1.40 bits per heavy atom. The average Bonchev–Trinajstić information content (AvgIpc) is 2.42. The highest BCUT2D eigenvalue weighted by molar-refractivity contribution is 9.40. The summed E-state index contributed by atoms with van der Waals surface area (Å²) in [5, 5.41) is 15.2. The third-order valence-electron chi connectivity index (χ3n) is 1.02. The normalized spacial score (nSPS) is 8.80. The Bertz CT molecular complexity index is 182. The third-order valence-corrected chi connectivity index (χ3v) is 1.99. The molecule has 0 aromatic heterocycles. The van der Waals surface area contributed by atoms with Crippen LogP contribution in [-0.2, 0) is 14.3 Å². The predicted octanol–water partition coefficient (Wildman–Crippen LogP) is 3.20. The number of hydrogen-bond donors (Lipinski definition) is 2. The summed E-state index contributed by atoms with van der Waals surface area (Å²) < 4.78 is 8.55. The number of carbonyl (C=O) groups excluding carboxylic acids is 1. The number of aliphatic hydroxyl groups excluding tert-OH is 2. The molecule has 0 amide bonds. The topological polar surface area (TPSA) is 76.0 Å². The molecule has 0 aliphatic heterocycles. The number of halogens is 3. The molecule has 0 spiro atoms. The second-order valence-electron chi connectivity index (χ2n) is 2.45. The lowest BCUT2D eigenvalue weighted by atomic mass is 10.8. The van der Waals surface area contributed by atoms with Crippen LogP contribution in [0.15, 0.2) is 13.2 Å². The first-order valence-corrected chi connectivity index (χ1v) is 8.22. The highest BCUT2D eigenvalue weighted by Gasteiger charge is 2.29. The van der Waals surface area contributed by atoms with Gasteiger partial charge in [0.1, 0.15) is 0 Å². The van der Waals surface area contributed by atoms with Gasteiger partial charge < -0.3 is 19.7 Å². The Kier molecular flexibility index (Phi) is 35.2. The maximum atomic E-state index is 10.7.